The highest BCUT2D eigenvalue weighted by molar-refractivity contribution is 5.72. The predicted molar refractivity (Wildman–Crippen MR) is 62.0 cm³/mol. The minimum Gasteiger partial charge on any atom is -0.497 e. The molecule has 0 aromatic heterocycles. The van der Waals surface area contributed by atoms with Crippen molar-refractivity contribution in [3.05, 3.63) is 29.8 Å². The maximum Gasteiger partial charge on any atom is 0.309 e. The summed E-state index contributed by atoms with van der Waals surface area (Å²) in [7, 11) is 1.60. The minimum absolute atomic E-state index is 0.486. The van der Waals surface area contributed by atoms with Crippen LogP contribution in [0.1, 0.15) is 18.9 Å². The molecule has 1 aliphatic heterocycles. The molecule has 0 amide bonds. The van der Waals surface area contributed by atoms with E-state index in [1.807, 2.05) is 31.2 Å². The zero-order valence-electron chi connectivity index (χ0n) is 9.97. The molecule has 1 aromatic carbocycles. The van der Waals surface area contributed by atoms with Gasteiger partial charge >= 0.3 is 5.97 Å². The number of methoxy groups -OCH3 is 1. The largest absolute Gasteiger partial charge is 0.497 e. The normalized spacial score (nSPS) is 28.0. The SMILES string of the molecule is COc1ccc(C2(C)OCCC2C(=O)O)cc1. The molecule has 17 heavy (non-hydrogen) atoms. The zero-order chi connectivity index (χ0) is 12.5. The summed E-state index contributed by atoms with van der Waals surface area (Å²) in [6.07, 6.45) is 0.553. The van der Waals surface area contributed by atoms with Crippen LogP contribution < -0.4 is 4.74 Å². The Morgan fingerprint density at radius 1 is 1.47 bits per heavy atom. The summed E-state index contributed by atoms with van der Waals surface area (Å²) in [6, 6.07) is 7.36. The van der Waals surface area contributed by atoms with E-state index < -0.39 is 17.5 Å². The van der Waals surface area contributed by atoms with E-state index in [0.29, 0.717) is 13.0 Å². The Bertz CT molecular complexity index is 412. The van der Waals surface area contributed by atoms with Crippen LogP contribution >= 0.6 is 0 Å². The van der Waals surface area contributed by atoms with Crippen LogP contribution in [0.2, 0.25) is 0 Å². The molecule has 4 heteroatoms. The molecule has 92 valence electrons. The zero-order valence-corrected chi connectivity index (χ0v) is 9.97. The van der Waals surface area contributed by atoms with Gasteiger partial charge in [-0.3, -0.25) is 4.79 Å². The van der Waals surface area contributed by atoms with E-state index in [4.69, 9.17) is 9.47 Å². The van der Waals surface area contributed by atoms with Crippen LogP contribution in [0.4, 0.5) is 0 Å². The number of carboxylic acids is 1. The van der Waals surface area contributed by atoms with Gasteiger partial charge in [0.2, 0.25) is 0 Å². The van der Waals surface area contributed by atoms with E-state index in [-0.39, 0.29) is 0 Å². The van der Waals surface area contributed by atoms with Crippen molar-refractivity contribution >= 4 is 5.97 Å². The Balaban J connectivity index is 2.33. The monoisotopic (exact) mass is 236 g/mol. The molecule has 1 fully saturated rings. The number of benzene rings is 1. The summed E-state index contributed by atoms with van der Waals surface area (Å²) in [5.74, 6) is -0.543. The molecule has 2 rings (SSSR count). The number of aliphatic carboxylic acids is 1. The van der Waals surface area contributed by atoms with Crippen molar-refractivity contribution in [1.82, 2.24) is 0 Å². The van der Waals surface area contributed by atoms with E-state index in [0.717, 1.165) is 11.3 Å². The maximum absolute atomic E-state index is 11.2. The van der Waals surface area contributed by atoms with Gasteiger partial charge in [0.25, 0.3) is 0 Å². The quantitative estimate of drug-likeness (QED) is 0.872. The fourth-order valence-electron chi connectivity index (χ4n) is 2.33. The van der Waals surface area contributed by atoms with Crippen molar-refractivity contribution in [3.63, 3.8) is 0 Å². The molecule has 0 aliphatic carbocycles. The molecule has 2 atom stereocenters. The molecule has 1 heterocycles. The van der Waals surface area contributed by atoms with Gasteiger partial charge in [-0.2, -0.15) is 0 Å². The Morgan fingerprint density at radius 3 is 2.65 bits per heavy atom. The number of ether oxygens (including phenoxy) is 2. The van der Waals surface area contributed by atoms with Crippen molar-refractivity contribution in [1.29, 1.82) is 0 Å². The molecule has 0 radical (unpaired) electrons. The molecule has 1 aromatic rings. The number of hydrogen-bond acceptors (Lipinski definition) is 3. The summed E-state index contributed by atoms with van der Waals surface area (Å²) in [5, 5.41) is 9.21. The van der Waals surface area contributed by atoms with Gasteiger partial charge in [0.1, 0.15) is 11.4 Å². The van der Waals surface area contributed by atoms with E-state index in [2.05, 4.69) is 0 Å². The Labute approximate surface area is 100 Å². The van der Waals surface area contributed by atoms with Gasteiger partial charge in [-0.25, -0.2) is 0 Å². The standard InChI is InChI=1S/C13H16O4/c1-13(11(12(14)15)7-8-17-13)9-3-5-10(16-2)6-4-9/h3-6,11H,7-8H2,1-2H3,(H,14,15). The second-order valence-electron chi connectivity index (χ2n) is 4.36. The van der Waals surface area contributed by atoms with Crippen molar-refractivity contribution in [3.8, 4) is 5.75 Å². The summed E-state index contributed by atoms with van der Waals surface area (Å²) >= 11 is 0. The van der Waals surface area contributed by atoms with Gasteiger partial charge in [0.05, 0.1) is 13.0 Å². The topological polar surface area (TPSA) is 55.8 Å². The Hall–Kier alpha value is -1.55. The van der Waals surface area contributed by atoms with E-state index in [9.17, 15) is 9.90 Å². The molecule has 4 nitrogen and oxygen atoms in total. The second kappa shape index (κ2) is 4.37. The van der Waals surface area contributed by atoms with Crippen LogP contribution in [-0.2, 0) is 15.1 Å². The fraction of sp³-hybridized carbons (Fsp3) is 0.462. The molecule has 0 saturated carbocycles. The maximum atomic E-state index is 11.2. The van der Waals surface area contributed by atoms with Crippen molar-refractivity contribution in [2.75, 3.05) is 13.7 Å². The van der Waals surface area contributed by atoms with E-state index in [1.165, 1.54) is 0 Å². The van der Waals surface area contributed by atoms with Crippen LogP contribution in [0.15, 0.2) is 24.3 Å². The molecular formula is C13H16O4. The summed E-state index contributed by atoms with van der Waals surface area (Å²) in [5.41, 5.74) is 0.140. The van der Waals surface area contributed by atoms with Crippen molar-refractivity contribution in [2.45, 2.75) is 18.9 Å². The number of hydrogen-bond donors (Lipinski definition) is 1. The lowest BCUT2D eigenvalue weighted by Gasteiger charge is -2.28. The molecule has 0 spiro atoms. The fourth-order valence-corrected chi connectivity index (χ4v) is 2.33. The van der Waals surface area contributed by atoms with Gasteiger partial charge in [-0.1, -0.05) is 12.1 Å². The first kappa shape index (κ1) is 11.9. The summed E-state index contributed by atoms with van der Waals surface area (Å²) < 4.78 is 10.7. The molecule has 1 saturated heterocycles. The Kier molecular flexibility index (Phi) is 3.07. The second-order valence-corrected chi connectivity index (χ2v) is 4.36. The summed E-state index contributed by atoms with van der Waals surface area (Å²) in [6.45, 7) is 2.32. The first-order valence-corrected chi connectivity index (χ1v) is 5.59. The third kappa shape index (κ3) is 2.00. The lowest BCUT2D eigenvalue weighted by Crippen LogP contribution is -2.33. The first-order valence-electron chi connectivity index (χ1n) is 5.59. The van der Waals surface area contributed by atoms with E-state index in [1.54, 1.807) is 7.11 Å². The molecular weight excluding hydrogens is 220 g/mol. The molecule has 2 unspecified atom stereocenters. The van der Waals surface area contributed by atoms with Crippen LogP contribution in [-0.4, -0.2) is 24.8 Å². The molecule has 1 aliphatic rings. The highest BCUT2D eigenvalue weighted by atomic mass is 16.5. The molecule has 0 bridgehead atoms. The van der Waals surface area contributed by atoms with Crippen molar-refractivity contribution in [2.24, 2.45) is 5.92 Å². The van der Waals surface area contributed by atoms with Gasteiger partial charge in [-0.15, -0.1) is 0 Å². The van der Waals surface area contributed by atoms with Crippen LogP contribution in [0.5, 0.6) is 5.75 Å². The summed E-state index contributed by atoms with van der Waals surface area (Å²) in [4.78, 5) is 11.2. The van der Waals surface area contributed by atoms with Crippen LogP contribution in [0.3, 0.4) is 0 Å². The predicted octanol–water partition coefficient (Wildman–Crippen LogP) is 2.03. The lowest BCUT2D eigenvalue weighted by atomic mass is 9.83. The van der Waals surface area contributed by atoms with Gasteiger partial charge in [-0.05, 0) is 31.0 Å². The van der Waals surface area contributed by atoms with Crippen LogP contribution in [0, 0.1) is 5.92 Å². The number of carboxylic acid groups (broad SMARTS) is 1. The average molecular weight is 236 g/mol. The molecule has 1 N–H and O–H groups in total. The number of carbonyl (C=O) groups is 1. The minimum atomic E-state index is -0.805. The highest BCUT2D eigenvalue weighted by Crippen LogP contribution is 2.41. The van der Waals surface area contributed by atoms with Gasteiger partial charge in [0, 0.05) is 6.61 Å². The van der Waals surface area contributed by atoms with Crippen LogP contribution in [0.25, 0.3) is 0 Å². The first-order chi connectivity index (χ1) is 8.08. The smallest absolute Gasteiger partial charge is 0.309 e. The van der Waals surface area contributed by atoms with Gasteiger partial charge < -0.3 is 14.6 Å². The van der Waals surface area contributed by atoms with Gasteiger partial charge in [0.15, 0.2) is 0 Å². The Morgan fingerprint density at radius 2 is 2.12 bits per heavy atom. The third-order valence-corrected chi connectivity index (χ3v) is 3.43. The number of rotatable bonds is 3. The van der Waals surface area contributed by atoms with Crippen molar-refractivity contribution < 1.29 is 19.4 Å². The highest BCUT2D eigenvalue weighted by Gasteiger charge is 2.45. The lowest BCUT2D eigenvalue weighted by molar-refractivity contribution is -0.148. The average Bonchev–Trinajstić information content (AvgIpc) is 2.73. The van der Waals surface area contributed by atoms with E-state index >= 15 is 0 Å². The third-order valence-electron chi connectivity index (χ3n) is 3.43.